The molecule has 7 heteroatoms. The third-order valence-corrected chi connectivity index (χ3v) is 5.44. The molecule has 1 heterocycles. The average Bonchev–Trinajstić information content (AvgIpc) is 2.73. The maximum atomic E-state index is 13.0. The number of rotatable bonds is 7. The van der Waals surface area contributed by atoms with E-state index in [9.17, 15) is 14.0 Å². The van der Waals surface area contributed by atoms with E-state index < -0.39 is 5.41 Å². The summed E-state index contributed by atoms with van der Waals surface area (Å²) in [6, 6.07) is 13.2. The molecule has 0 radical (unpaired) electrons. The van der Waals surface area contributed by atoms with Crippen molar-refractivity contribution in [3.63, 3.8) is 0 Å². The van der Waals surface area contributed by atoms with Crippen LogP contribution in [0.15, 0.2) is 48.5 Å². The summed E-state index contributed by atoms with van der Waals surface area (Å²) in [6.45, 7) is 1.68. The van der Waals surface area contributed by atoms with Crippen LogP contribution in [-0.4, -0.2) is 38.1 Å². The highest BCUT2D eigenvalue weighted by Crippen LogP contribution is 2.35. The number of halogens is 2. The lowest BCUT2D eigenvalue weighted by molar-refractivity contribution is -0.130. The first-order chi connectivity index (χ1) is 14.0. The van der Waals surface area contributed by atoms with Gasteiger partial charge < -0.3 is 15.4 Å². The molecule has 2 N–H and O–H groups in total. The van der Waals surface area contributed by atoms with Crippen LogP contribution >= 0.6 is 11.6 Å². The Labute approximate surface area is 174 Å². The second-order valence-electron chi connectivity index (χ2n) is 7.11. The van der Waals surface area contributed by atoms with Crippen LogP contribution in [0.25, 0.3) is 0 Å². The average molecular weight is 419 g/mol. The third kappa shape index (κ3) is 5.55. The Morgan fingerprint density at radius 1 is 0.966 bits per heavy atom. The second kappa shape index (κ2) is 9.85. The quantitative estimate of drug-likeness (QED) is 0.679. The van der Waals surface area contributed by atoms with Gasteiger partial charge in [0.05, 0.1) is 11.8 Å². The van der Waals surface area contributed by atoms with Gasteiger partial charge in [-0.05, 0) is 48.2 Å². The predicted molar refractivity (Wildman–Crippen MR) is 109 cm³/mol. The van der Waals surface area contributed by atoms with Crippen LogP contribution in [0.1, 0.15) is 24.0 Å². The summed E-state index contributed by atoms with van der Waals surface area (Å²) in [7, 11) is 0. The van der Waals surface area contributed by atoms with Gasteiger partial charge in [0.2, 0.25) is 11.8 Å². The van der Waals surface area contributed by atoms with Crippen molar-refractivity contribution in [3.05, 3.63) is 70.5 Å². The van der Waals surface area contributed by atoms with Gasteiger partial charge >= 0.3 is 0 Å². The lowest BCUT2D eigenvalue weighted by Crippen LogP contribution is -2.49. The van der Waals surface area contributed by atoms with Crippen molar-refractivity contribution < 1.29 is 18.7 Å². The lowest BCUT2D eigenvalue weighted by Gasteiger charge is -2.36. The van der Waals surface area contributed by atoms with E-state index in [-0.39, 0.29) is 24.1 Å². The number of hydrogen-bond acceptors (Lipinski definition) is 3. The molecule has 2 aromatic rings. The van der Waals surface area contributed by atoms with Gasteiger partial charge in [-0.15, -0.1) is 0 Å². The largest absolute Gasteiger partial charge is 0.381 e. The summed E-state index contributed by atoms with van der Waals surface area (Å²) in [5, 5.41) is 6.34. The first-order valence-corrected chi connectivity index (χ1v) is 10.0. The zero-order valence-electron chi connectivity index (χ0n) is 16.0. The minimum atomic E-state index is -0.652. The molecule has 0 spiro atoms. The number of nitrogens with one attached hydrogen (secondary N) is 2. The van der Waals surface area contributed by atoms with E-state index in [1.807, 2.05) is 12.1 Å². The van der Waals surface area contributed by atoms with Crippen molar-refractivity contribution in [3.8, 4) is 0 Å². The third-order valence-electron chi connectivity index (χ3n) is 5.19. The second-order valence-corrected chi connectivity index (χ2v) is 7.55. The first kappa shape index (κ1) is 21.3. The number of amides is 2. The fourth-order valence-corrected chi connectivity index (χ4v) is 3.66. The van der Waals surface area contributed by atoms with Gasteiger partial charge in [-0.1, -0.05) is 35.9 Å². The van der Waals surface area contributed by atoms with E-state index in [1.165, 1.54) is 12.1 Å². The van der Waals surface area contributed by atoms with Crippen molar-refractivity contribution in [2.45, 2.75) is 24.7 Å². The van der Waals surface area contributed by atoms with E-state index in [2.05, 4.69) is 10.6 Å². The van der Waals surface area contributed by atoms with Gasteiger partial charge in [-0.25, -0.2) is 4.39 Å². The highest BCUT2D eigenvalue weighted by Gasteiger charge is 2.41. The Kier molecular flexibility index (Phi) is 7.23. The van der Waals surface area contributed by atoms with Crippen molar-refractivity contribution in [2.24, 2.45) is 0 Å². The van der Waals surface area contributed by atoms with E-state index in [0.29, 0.717) is 44.2 Å². The first-order valence-electron chi connectivity index (χ1n) is 9.63. The normalized spacial score (nSPS) is 15.5. The standard InChI is InChI=1S/C22H24ClFN2O3/c23-18-5-3-17(4-6-18)22(9-13-29-14-10-22)21(28)26-12-11-25-20(27)15-16-1-7-19(24)8-2-16/h1-8H,9-15H2,(H,25,27)(H,26,28). The Morgan fingerprint density at radius 3 is 2.24 bits per heavy atom. The highest BCUT2D eigenvalue weighted by molar-refractivity contribution is 6.30. The predicted octanol–water partition coefficient (Wildman–Crippen LogP) is 3.00. The summed E-state index contributed by atoms with van der Waals surface area (Å²) < 4.78 is 18.4. The van der Waals surface area contributed by atoms with Gasteiger partial charge in [0.15, 0.2) is 0 Å². The fraction of sp³-hybridized carbons (Fsp3) is 0.364. The Bertz CT molecular complexity index is 834. The Hall–Kier alpha value is -2.44. The monoisotopic (exact) mass is 418 g/mol. The molecule has 29 heavy (non-hydrogen) atoms. The van der Waals surface area contributed by atoms with Gasteiger partial charge in [0.25, 0.3) is 0 Å². The maximum absolute atomic E-state index is 13.0. The van der Waals surface area contributed by atoms with Crippen molar-refractivity contribution >= 4 is 23.4 Å². The zero-order valence-corrected chi connectivity index (χ0v) is 16.8. The molecular formula is C22H24ClFN2O3. The molecule has 0 saturated carbocycles. The van der Waals surface area contributed by atoms with Crippen LogP contribution in [-0.2, 0) is 26.2 Å². The summed E-state index contributed by atoms with van der Waals surface area (Å²) in [5.41, 5.74) is 1.00. The number of carbonyl (C=O) groups excluding carboxylic acids is 2. The van der Waals surface area contributed by atoms with Gasteiger partial charge in [0.1, 0.15) is 5.82 Å². The van der Waals surface area contributed by atoms with Gasteiger partial charge in [0, 0.05) is 31.3 Å². The van der Waals surface area contributed by atoms with Crippen LogP contribution < -0.4 is 10.6 Å². The van der Waals surface area contributed by atoms with Crippen LogP contribution in [0.5, 0.6) is 0 Å². The molecule has 154 valence electrons. The van der Waals surface area contributed by atoms with Crippen LogP contribution in [0, 0.1) is 5.82 Å². The SMILES string of the molecule is O=C(Cc1ccc(F)cc1)NCCNC(=O)C1(c2ccc(Cl)cc2)CCOCC1. The molecule has 0 bridgehead atoms. The van der Waals surface area contributed by atoms with Crippen molar-refractivity contribution in [1.29, 1.82) is 0 Å². The number of benzene rings is 2. The van der Waals surface area contributed by atoms with E-state index in [4.69, 9.17) is 16.3 Å². The van der Waals surface area contributed by atoms with Crippen molar-refractivity contribution in [2.75, 3.05) is 26.3 Å². The molecule has 2 aromatic carbocycles. The minimum Gasteiger partial charge on any atom is -0.381 e. The summed E-state index contributed by atoms with van der Waals surface area (Å²) in [4.78, 5) is 25.0. The van der Waals surface area contributed by atoms with Crippen LogP contribution in [0.3, 0.4) is 0 Å². The number of ether oxygens (including phenoxy) is 1. The molecular weight excluding hydrogens is 395 g/mol. The summed E-state index contributed by atoms with van der Waals surface area (Å²) >= 11 is 5.99. The fourth-order valence-electron chi connectivity index (χ4n) is 3.53. The smallest absolute Gasteiger partial charge is 0.230 e. The van der Waals surface area contributed by atoms with Crippen LogP contribution in [0.4, 0.5) is 4.39 Å². The molecule has 5 nitrogen and oxygen atoms in total. The summed E-state index contributed by atoms with van der Waals surface area (Å²) in [6.07, 6.45) is 1.36. The maximum Gasteiger partial charge on any atom is 0.230 e. The van der Waals surface area contributed by atoms with E-state index in [1.54, 1.807) is 24.3 Å². The van der Waals surface area contributed by atoms with Gasteiger partial charge in [-0.2, -0.15) is 0 Å². The van der Waals surface area contributed by atoms with E-state index in [0.717, 1.165) is 11.1 Å². The van der Waals surface area contributed by atoms with Crippen molar-refractivity contribution in [1.82, 2.24) is 10.6 Å². The molecule has 0 aliphatic carbocycles. The Morgan fingerprint density at radius 2 is 1.59 bits per heavy atom. The lowest BCUT2D eigenvalue weighted by atomic mass is 9.73. The topological polar surface area (TPSA) is 67.4 Å². The molecule has 1 fully saturated rings. The van der Waals surface area contributed by atoms with E-state index >= 15 is 0 Å². The molecule has 1 saturated heterocycles. The molecule has 0 atom stereocenters. The molecule has 2 amide bonds. The Balaban J connectivity index is 1.52. The molecule has 3 rings (SSSR count). The minimum absolute atomic E-state index is 0.0732. The summed E-state index contributed by atoms with van der Waals surface area (Å²) in [5.74, 6) is -0.583. The highest BCUT2D eigenvalue weighted by atomic mass is 35.5. The molecule has 1 aliphatic rings. The molecule has 0 unspecified atom stereocenters. The van der Waals surface area contributed by atoms with Crippen LogP contribution in [0.2, 0.25) is 5.02 Å². The molecule has 1 aliphatic heterocycles. The number of hydrogen-bond donors (Lipinski definition) is 2. The molecule has 0 aromatic heterocycles. The number of carbonyl (C=O) groups is 2. The van der Waals surface area contributed by atoms with Gasteiger partial charge in [-0.3, -0.25) is 9.59 Å². The zero-order chi connectivity index (χ0) is 20.7.